The van der Waals surface area contributed by atoms with Crippen molar-refractivity contribution < 1.29 is 14.5 Å². The lowest BCUT2D eigenvalue weighted by Gasteiger charge is -2.11. The predicted molar refractivity (Wildman–Crippen MR) is 105 cm³/mol. The Kier molecular flexibility index (Phi) is 5.78. The van der Waals surface area contributed by atoms with Gasteiger partial charge in [-0.05, 0) is 42.8 Å². The zero-order chi connectivity index (χ0) is 20.8. The lowest BCUT2D eigenvalue weighted by Crippen LogP contribution is -2.30. The first-order valence-corrected chi connectivity index (χ1v) is 8.37. The highest BCUT2D eigenvalue weighted by Gasteiger charge is 2.24. The van der Waals surface area contributed by atoms with E-state index < -0.39 is 16.5 Å². The molecule has 0 fully saturated rings. The smallest absolute Gasteiger partial charge is 0.355 e. The third-order valence-electron chi connectivity index (χ3n) is 3.81. The van der Waals surface area contributed by atoms with Crippen molar-refractivity contribution in [2.45, 2.75) is 6.92 Å². The number of ether oxygens (including phenoxy) is 1. The summed E-state index contributed by atoms with van der Waals surface area (Å²) in [6.45, 7) is 1.87. The summed E-state index contributed by atoms with van der Waals surface area (Å²) in [6, 6.07) is 9.83. The summed E-state index contributed by atoms with van der Waals surface area (Å²) >= 11 is 0. The first kappa shape index (κ1) is 19.5. The molecule has 0 saturated carbocycles. The third-order valence-corrected chi connectivity index (χ3v) is 3.81. The van der Waals surface area contributed by atoms with Crippen LogP contribution in [0, 0.1) is 17.0 Å². The summed E-state index contributed by atoms with van der Waals surface area (Å²) in [5.41, 5.74) is 5.68. The molecular weight excluding hydrogens is 378 g/mol. The van der Waals surface area contributed by atoms with E-state index in [1.165, 1.54) is 7.11 Å². The van der Waals surface area contributed by atoms with E-state index >= 15 is 0 Å². The molecule has 0 bridgehead atoms. The van der Waals surface area contributed by atoms with Crippen LogP contribution >= 0.6 is 0 Å². The largest absolute Gasteiger partial charge is 0.497 e. The molecular formula is C18H17N7O4. The zero-order valence-corrected chi connectivity index (χ0v) is 15.5. The Bertz CT molecular complexity index is 1020. The maximum absolute atomic E-state index is 12.3. The first-order valence-electron chi connectivity index (χ1n) is 8.37. The number of hydrogen-bond donors (Lipinski definition) is 3. The number of carbonyl (C=O) groups is 1. The van der Waals surface area contributed by atoms with Gasteiger partial charge in [-0.3, -0.25) is 25.8 Å². The molecule has 2 aromatic heterocycles. The molecule has 3 aromatic rings. The van der Waals surface area contributed by atoms with Crippen LogP contribution in [0.4, 0.5) is 23.1 Å². The van der Waals surface area contributed by atoms with Gasteiger partial charge in [-0.15, -0.1) is 0 Å². The van der Waals surface area contributed by atoms with Gasteiger partial charge in [0.1, 0.15) is 17.9 Å². The maximum Gasteiger partial charge on any atom is 0.355 e. The number of aryl methyl sites for hydroxylation is 1. The molecule has 0 atom stereocenters. The molecule has 2 heterocycles. The quantitative estimate of drug-likeness (QED) is 0.406. The van der Waals surface area contributed by atoms with E-state index in [1.807, 2.05) is 6.92 Å². The molecule has 0 aliphatic carbocycles. The Labute approximate surface area is 165 Å². The van der Waals surface area contributed by atoms with Gasteiger partial charge in [0.15, 0.2) is 0 Å². The number of nitrogens with zero attached hydrogens (tertiary/aromatic N) is 4. The minimum Gasteiger partial charge on any atom is -0.497 e. The Morgan fingerprint density at radius 3 is 2.41 bits per heavy atom. The average molecular weight is 395 g/mol. The number of amides is 1. The van der Waals surface area contributed by atoms with E-state index in [0.717, 1.165) is 11.9 Å². The minimum atomic E-state index is -0.654. The second-order valence-electron chi connectivity index (χ2n) is 5.83. The predicted octanol–water partition coefficient (Wildman–Crippen LogP) is 2.60. The number of rotatable bonds is 7. The lowest BCUT2D eigenvalue weighted by molar-refractivity contribution is -0.383. The highest BCUT2D eigenvalue weighted by molar-refractivity contribution is 5.95. The van der Waals surface area contributed by atoms with E-state index in [0.29, 0.717) is 17.1 Å². The first-order chi connectivity index (χ1) is 14.0. The molecule has 11 heteroatoms. The Balaban J connectivity index is 1.78. The molecule has 11 nitrogen and oxygen atoms in total. The molecule has 0 aliphatic heterocycles. The van der Waals surface area contributed by atoms with Gasteiger partial charge in [0, 0.05) is 11.8 Å². The fraction of sp³-hybridized carbons (Fsp3) is 0.111. The van der Waals surface area contributed by atoms with Gasteiger partial charge >= 0.3 is 5.69 Å². The standard InChI is InChI=1S/C18H17N7O4/c1-11-3-8-14(19-9-11)22-16-15(25(27)28)17(21-10-20-16)23-24-18(26)12-4-6-13(29-2)7-5-12/h3-10H,1-2H3,(H,24,26)(H2,19,20,21,22,23). The number of nitro groups is 1. The van der Waals surface area contributed by atoms with Crippen LogP contribution in [0.3, 0.4) is 0 Å². The number of benzene rings is 1. The van der Waals surface area contributed by atoms with Crippen molar-refractivity contribution >= 4 is 29.0 Å². The summed E-state index contributed by atoms with van der Waals surface area (Å²) < 4.78 is 5.04. The molecule has 3 N–H and O–H groups in total. The second kappa shape index (κ2) is 8.61. The highest BCUT2D eigenvalue weighted by atomic mass is 16.6. The molecule has 1 aromatic carbocycles. The summed E-state index contributed by atoms with van der Waals surface area (Å²) in [4.78, 5) is 35.1. The van der Waals surface area contributed by atoms with Crippen molar-refractivity contribution in [1.82, 2.24) is 20.4 Å². The van der Waals surface area contributed by atoms with Gasteiger partial charge in [-0.25, -0.2) is 15.0 Å². The number of aromatic nitrogens is 3. The number of hydrogen-bond acceptors (Lipinski definition) is 9. The van der Waals surface area contributed by atoms with E-state index in [2.05, 4.69) is 31.1 Å². The Morgan fingerprint density at radius 2 is 1.79 bits per heavy atom. The normalized spacial score (nSPS) is 10.1. The van der Waals surface area contributed by atoms with E-state index in [9.17, 15) is 14.9 Å². The zero-order valence-electron chi connectivity index (χ0n) is 15.5. The van der Waals surface area contributed by atoms with Crippen LogP contribution in [0.25, 0.3) is 0 Å². The average Bonchev–Trinajstić information content (AvgIpc) is 2.73. The van der Waals surface area contributed by atoms with Crippen molar-refractivity contribution in [2.24, 2.45) is 0 Å². The fourth-order valence-corrected chi connectivity index (χ4v) is 2.33. The van der Waals surface area contributed by atoms with Crippen molar-refractivity contribution in [3.63, 3.8) is 0 Å². The number of hydrazine groups is 1. The molecule has 1 amide bonds. The summed E-state index contributed by atoms with van der Waals surface area (Å²) in [6.07, 6.45) is 2.75. The van der Waals surface area contributed by atoms with Crippen LogP contribution < -0.4 is 20.9 Å². The Hall–Kier alpha value is -4.28. The third kappa shape index (κ3) is 4.71. The van der Waals surface area contributed by atoms with Gasteiger partial charge in [0.25, 0.3) is 5.91 Å². The van der Waals surface area contributed by atoms with Crippen LogP contribution in [-0.2, 0) is 0 Å². The second-order valence-corrected chi connectivity index (χ2v) is 5.83. The van der Waals surface area contributed by atoms with Crippen LogP contribution in [-0.4, -0.2) is 32.9 Å². The summed E-state index contributed by atoms with van der Waals surface area (Å²) in [5.74, 6) is 0.228. The van der Waals surface area contributed by atoms with Crippen LogP contribution in [0.1, 0.15) is 15.9 Å². The lowest BCUT2D eigenvalue weighted by atomic mass is 10.2. The minimum absolute atomic E-state index is 0.0671. The van der Waals surface area contributed by atoms with Gasteiger partial charge in [0.05, 0.1) is 12.0 Å². The molecule has 29 heavy (non-hydrogen) atoms. The van der Waals surface area contributed by atoms with E-state index in [-0.39, 0.29) is 11.6 Å². The van der Waals surface area contributed by atoms with Gasteiger partial charge in [0.2, 0.25) is 11.6 Å². The van der Waals surface area contributed by atoms with Crippen LogP contribution in [0.2, 0.25) is 0 Å². The van der Waals surface area contributed by atoms with Gasteiger partial charge in [-0.1, -0.05) is 6.07 Å². The van der Waals surface area contributed by atoms with Crippen LogP contribution in [0.15, 0.2) is 48.9 Å². The van der Waals surface area contributed by atoms with Crippen molar-refractivity contribution in [3.8, 4) is 5.75 Å². The summed E-state index contributed by atoms with van der Waals surface area (Å²) in [7, 11) is 1.52. The van der Waals surface area contributed by atoms with Crippen LogP contribution in [0.5, 0.6) is 5.75 Å². The topological polar surface area (TPSA) is 144 Å². The number of methoxy groups -OCH3 is 1. The molecule has 0 unspecified atom stereocenters. The van der Waals surface area contributed by atoms with Crippen molar-refractivity contribution in [3.05, 3.63) is 70.2 Å². The number of pyridine rings is 1. The Morgan fingerprint density at radius 1 is 1.07 bits per heavy atom. The molecule has 0 spiro atoms. The van der Waals surface area contributed by atoms with Crippen molar-refractivity contribution in [1.29, 1.82) is 0 Å². The summed E-state index contributed by atoms with van der Waals surface area (Å²) in [5, 5.41) is 14.4. The van der Waals surface area contributed by atoms with Gasteiger partial charge < -0.3 is 10.1 Å². The monoisotopic (exact) mass is 395 g/mol. The van der Waals surface area contributed by atoms with E-state index in [1.54, 1.807) is 42.6 Å². The SMILES string of the molecule is COc1ccc(C(=O)NNc2ncnc(Nc3ccc(C)cn3)c2[N+](=O)[O-])cc1. The van der Waals surface area contributed by atoms with E-state index in [4.69, 9.17) is 4.74 Å². The molecule has 0 aliphatic rings. The highest BCUT2D eigenvalue weighted by Crippen LogP contribution is 2.30. The molecule has 0 saturated heterocycles. The number of anilines is 3. The molecule has 0 radical (unpaired) electrons. The van der Waals surface area contributed by atoms with Crippen molar-refractivity contribution in [2.75, 3.05) is 17.9 Å². The molecule has 3 rings (SSSR count). The molecule has 148 valence electrons. The maximum atomic E-state index is 12.3. The van der Waals surface area contributed by atoms with Gasteiger partial charge in [-0.2, -0.15) is 0 Å². The number of nitrogens with one attached hydrogen (secondary N) is 3. The fourth-order valence-electron chi connectivity index (χ4n) is 2.33. The number of carbonyl (C=O) groups excluding carboxylic acids is 1.